The minimum absolute atomic E-state index is 0.303. The van der Waals surface area contributed by atoms with Gasteiger partial charge in [0.2, 0.25) is 5.91 Å². The number of rotatable bonds is 4. The van der Waals surface area contributed by atoms with Crippen molar-refractivity contribution < 1.29 is 14.7 Å². The predicted molar refractivity (Wildman–Crippen MR) is 78.4 cm³/mol. The third-order valence-corrected chi connectivity index (χ3v) is 3.92. The Morgan fingerprint density at radius 2 is 2.33 bits per heavy atom. The quantitative estimate of drug-likeness (QED) is 0.825. The number of carbonyl (C=O) groups excluding carboxylic acids is 1. The molecule has 2 atom stereocenters. The molecule has 1 saturated carbocycles. The van der Waals surface area contributed by atoms with Crippen LogP contribution in [0.15, 0.2) is 18.5 Å². The van der Waals surface area contributed by atoms with Gasteiger partial charge in [-0.25, -0.2) is 4.79 Å². The Morgan fingerprint density at radius 1 is 1.57 bits per heavy atom. The molecule has 114 valence electrons. The fourth-order valence-corrected chi connectivity index (χ4v) is 2.89. The molecule has 1 heterocycles. The van der Waals surface area contributed by atoms with Crippen LogP contribution in [-0.2, 0) is 16.6 Å². The maximum atomic E-state index is 12.0. The van der Waals surface area contributed by atoms with E-state index in [9.17, 15) is 14.7 Å². The van der Waals surface area contributed by atoms with Crippen LogP contribution < -0.4 is 5.32 Å². The van der Waals surface area contributed by atoms with Gasteiger partial charge in [0.05, 0.1) is 6.20 Å². The van der Waals surface area contributed by atoms with Crippen LogP contribution >= 0.6 is 0 Å². The van der Waals surface area contributed by atoms with E-state index in [1.165, 1.54) is 6.08 Å². The molecule has 0 bridgehead atoms. The van der Waals surface area contributed by atoms with E-state index in [-0.39, 0.29) is 5.91 Å². The van der Waals surface area contributed by atoms with Crippen LogP contribution in [0.25, 0.3) is 6.08 Å². The molecule has 2 unspecified atom stereocenters. The SMILES string of the molecule is CC1CCCC(NC(=O)/C=C/c2cnn(C)c2)(C(=O)O)C1. The molecule has 6 heteroatoms. The van der Waals surface area contributed by atoms with E-state index < -0.39 is 11.5 Å². The number of nitrogens with zero attached hydrogens (tertiary/aromatic N) is 2. The van der Waals surface area contributed by atoms with Crippen molar-refractivity contribution in [1.29, 1.82) is 0 Å². The maximum Gasteiger partial charge on any atom is 0.329 e. The molecule has 0 saturated heterocycles. The highest BCUT2D eigenvalue weighted by molar-refractivity contribution is 5.95. The molecule has 1 amide bonds. The largest absolute Gasteiger partial charge is 0.480 e. The summed E-state index contributed by atoms with van der Waals surface area (Å²) >= 11 is 0. The number of hydrogen-bond acceptors (Lipinski definition) is 3. The second kappa shape index (κ2) is 6.11. The summed E-state index contributed by atoms with van der Waals surface area (Å²) in [7, 11) is 1.79. The molecule has 0 radical (unpaired) electrons. The highest BCUT2D eigenvalue weighted by Crippen LogP contribution is 2.32. The normalized spacial score (nSPS) is 25.9. The number of amides is 1. The number of carbonyl (C=O) groups is 2. The van der Waals surface area contributed by atoms with Crippen molar-refractivity contribution in [1.82, 2.24) is 15.1 Å². The highest BCUT2D eigenvalue weighted by atomic mass is 16.4. The third kappa shape index (κ3) is 3.71. The molecule has 1 aromatic rings. The molecule has 6 nitrogen and oxygen atoms in total. The summed E-state index contributed by atoms with van der Waals surface area (Å²) in [6.45, 7) is 2.02. The zero-order chi connectivity index (χ0) is 15.5. The van der Waals surface area contributed by atoms with Crippen molar-refractivity contribution in [3.63, 3.8) is 0 Å². The van der Waals surface area contributed by atoms with Gasteiger partial charge in [-0.15, -0.1) is 0 Å². The molecule has 1 aliphatic carbocycles. The van der Waals surface area contributed by atoms with Crippen LogP contribution in [0.5, 0.6) is 0 Å². The fraction of sp³-hybridized carbons (Fsp3) is 0.533. The zero-order valence-electron chi connectivity index (χ0n) is 12.4. The van der Waals surface area contributed by atoms with Crippen LogP contribution in [0, 0.1) is 5.92 Å². The van der Waals surface area contributed by atoms with E-state index >= 15 is 0 Å². The first kappa shape index (κ1) is 15.3. The van der Waals surface area contributed by atoms with E-state index in [2.05, 4.69) is 10.4 Å². The lowest BCUT2D eigenvalue weighted by molar-refractivity contribution is -0.149. The summed E-state index contributed by atoms with van der Waals surface area (Å²) in [4.78, 5) is 23.6. The topological polar surface area (TPSA) is 84.2 Å². The molecule has 0 spiro atoms. The second-order valence-corrected chi connectivity index (χ2v) is 5.86. The Hall–Kier alpha value is -2.11. The fourth-order valence-electron chi connectivity index (χ4n) is 2.89. The molecule has 1 aromatic heterocycles. The van der Waals surface area contributed by atoms with Crippen molar-refractivity contribution in [3.05, 3.63) is 24.0 Å². The van der Waals surface area contributed by atoms with E-state index in [0.717, 1.165) is 18.4 Å². The zero-order valence-corrected chi connectivity index (χ0v) is 12.4. The van der Waals surface area contributed by atoms with Gasteiger partial charge in [-0.1, -0.05) is 19.8 Å². The third-order valence-electron chi connectivity index (χ3n) is 3.92. The van der Waals surface area contributed by atoms with Crippen molar-refractivity contribution in [3.8, 4) is 0 Å². The van der Waals surface area contributed by atoms with Crippen molar-refractivity contribution in [2.24, 2.45) is 13.0 Å². The van der Waals surface area contributed by atoms with Crippen LogP contribution in [0.3, 0.4) is 0 Å². The molecule has 0 aromatic carbocycles. The summed E-state index contributed by atoms with van der Waals surface area (Å²) in [5.74, 6) is -1.02. The molecular formula is C15H21N3O3. The molecule has 1 aliphatic rings. The number of hydrogen-bond donors (Lipinski definition) is 2. The van der Waals surface area contributed by atoms with Crippen molar-refractivity contribution in [2.75, 3.05) is 0 Å². The smallest absolute Gasteiger partial charge is 0.329 e. The Morgan fingerprint density at radius 3 is 2.90 bits per heavy atom. The maximum absolute atomic E-state index is 12.0. The second-order valence-electron chi connectivity index (χ2n) is 5.86. The van der Waals surface area contributed by atoms with Gasteiger partial charge in [0.1, 0.15) is 5.54 Å². The van der Waals surface area contributed by atoms with Crippen LogP contribution in [0.2, 0.25) is 0 Å². The summed E-state index contributed by atoms with van der Waals surface area (Å²) in [5.41, 5.74) is -0.331. The summed E-state index contributed by atoms with van der Waals surface area (Å²) < 4.78 is 1.64. The van der Waals surface area contributed by atoms with E-state index in [4.69, 9.17) is 0 Å². The minimum atomic E-state index is -1.13. The average Bonchev–Trinajstić information content (AvgIpc) is 2.82. The average molecular weight is 291 g/mol. The Labute approximate surface area is 123 Å². The lowest BCUT2D eigenvalue weighted by Gasteiger charge is -2.36. The highest BCUT2D eigenvalue weighted by Gasteiger charge is 2.42. The van der Waals surface area contributed by atoms with Gasteiger partial charge in [-0.3, -0.25) is 9.48 Å². The lowest BCUT2D eigenvalue weighted by Crippen LogP contribution is -2.56. The molecule has 0 aliphatic heterocycles. The monoisotopic (exact) mass is 291 g/mol. The van der Waals surface area contributed by atoms with Gasteiger partial charge in [-0.05, 0) is 24.8 Å². The Balaban J connectivity index is 2.05. The van der Waals surface area contributed by atoms with Gasteiger partial charge < -0.3 is 10.4 Å². The number of carboxylic acids is 1. The summed E-state index contributed by atoms with van der Waals surface area (Å²) in [5, 5.41) is 16.2. The van der Waals surface area contributed by atoms with Gasteiger partial charge >= 0.3 is 5.97 Å². The lowest BCUT2D eigenvalue weighted by atomic mass is 9.76. The minimum Gasteiger partial charge on any atom is -0.480 e. The Kier molecular flexibility index (Phi) is 4.45. The standard InChI is InChI=1S/C15H21N3O3/c1-11-4-3-7-15(8-11,14(20)21)17-13(19)6-5-12-9-16-18(2)10-12/h5-6,9-11H,3-4,7-8H2,1-2H3,(H,17,19)(H,20,21)/b6-5+. The molecule has 21 heavy (non-hydrogen) atoms. The number of aromatic nitrogens is 2. The van der Waals surface area contributed by atoms with Crippen LogP contribution in [0.4, 0.5) is 0 Å². The summed E-state index contributed by atoms with van der Waals surface area (Å²) in [6.07, 6.45) is 9.20. The first-order valence-corrected chi connectivity index (χ1v) is 7.13. The van der Waals surface area contributed by atoms with Gasteiger partial charge in [-0.2, -0.15) is 5.10 Å². The first-order valence-electron chi connectivity index (χ1n) is 7.13. The first-order chi connectivity index (χ1) is 9.91. The van der Waals surface area contributed by atoms with Crippen LogP contribution in [-0.4, -0.2) is 32.3 Å². The van der Waals surface area contributed by atoms with Gasteiger partial charge in [0.15, 0.2) is 0 Å². The van der Waals surface area contributed by atoms with Crippen LogP contribution in [0.1, 0.15) is 38.2 Å². The number of carboxylic acid groups (broad SMARTS) is 1. The van der Waals surface area contributed by atoms with E-state index in [0.29, 0.717) is 18.8 Å². The van der Waals surface area contributed by atoms with E-state index in [1.54, 1.807) is 30.2 Å². The molecular weight excluding hydrogens is 270 g/mol. The molecule has 1 fully saturated rings. The molecule has 2 rings (SSSR count). The molecule has 2 N–H and O–H groups in total. The number of nitrogens with one attached hydrogen (secondary N) is 1. The van der Waals surface area contributed by atoms with Gasteiger partial charge in [0, 0.05) is 24.9 Å². The number of aliphatic carboxylic acids is 1. The predicted octanol–water partition coefficient (Wildman–Crippen LogP) is 1.58. The number of aryl methyl sites for hydroxylation is 1. The Bertz CT molecular complexity index is 564. The van der Waals surface area contributed by atoms with Crippen molar-refractivity contribution >= 4 is 18.0 Å². The van der Waals surface area contributed by atoms with E-state index in [1.807, 2.05) is 6.92 Å². The van der Waals surface area contributed by atoms with Crippen molar-refractivity contribution in [2.45, 2.75) is 38.1 Å². The summed E-state index contributed by atoms with van der Waals surface area (Å²) in [6, 6.07) is 0. The van der Waals surface area contributed by atoms with Gasteiger partial charge in [0.25, 0.3) is 0 Å².